The molecule has 2 N–H and O–H groups in total. The average Bonchev–Trinajstić information content (AvgIpc) is 3.02. The lowest BCUT2D eigenvalue weighted by molar-refractivity contribution is 0.101. The summed E-state index contributed by atoms with van der Waals surface area (Å²) in [6, 6.07) is 16.4. The first-order valence-corrected chi connectivity index (χ1v) is 8.73. The summed E-state index contributed by atoms with van der Waals surface area (Å²) >= 11 is 0. The summed E-state index contributed by atoms with van der Waals surface area (Å²) in [7, 11) is 1.79. The zero-order chi connectivity index (χ0) is 19.0. The van der Waals surface area contributed by atoms with E-state index in [1.165, 1.54) is 0 Å². The summed E-state index contributed by atoms with van der Waals surface area (Å²) < 4.78 is 7.17. The van der Waals surface area contributed by atoms with Gasteiger partial charge in [-0.1, -0.05) is 18.2 Å². The molecule has 0 aliphatic rings. The van der Waals surface area contributed by atoms with E-state index in [1.807, 2.05) is 31.2 Å². The summed E-state index contributed by atoms with van der Waals surface area (Å²) in [4.78, 5) is 28.1. The van der Waals surface area contributed by atoms with Gasteiger partial charge in [0, 0.05) is 18.1 Å². The Kier molecular flexibility index (Phi) is 4.16. The first kappa shape index (κ1) is 16.9. The number of nitrogens with zero attached hydrogens (tertiary/aromatic N) is 1. The number of nitrogens with one attached hydrogen (secondary N) is 2. The van der Waals surface area contributed by atoms with Crippen molar-refractivity contribution < 1.29 is 9.53 Å². The number of carbonyl (C=O) groups is 1. The van der Waals surface area contributed by atoms with Crippen molar-refractivity contribution in [3.05, 3.63) is 70.6 Å². The number of ether oxygens (including phenoxy) is 1. The third-order valence-corrected chi connectivity index (χ3v) is 4.56. The van der Waals surface area contributed by atoms with E-state index in [0.29, 0.717) is 23.4 Å². The molecule has 2 aromatic heterocycles. The smallest absolute Gasteiger partial charge is 0.272 e. The molecule has 136 valence electrons. The van der Waals surface area contributed by atoms with E-state index in [-0.39, 0.29) is 11.5 Å². The van der Waals surface area contributed by atoms with E-state index < -0.39 is 0 Å². The maximum atomic E-state index is 12.8. The molecule has 0 bridgehead atoms. The van der Waals surface area contributed by atoms with Gasteiger partial charge >= 0.3 is 0 Å². The van der Waals surface area contributed by atoms with E-state index in [0.717, 1.165) is 22.2 Å². The Hall–Kier alpha value is -3.54. The number of fused-ring (bicyclic) bond motifs is 3. The Morgan fingerprint density at radius 2 is 1.85 bits per heavy atom. The summed E-state index contributed by atoms with van der Waals surface area (Å²) in [5.74, 6) is 0.472. The zero-order valence-corrected chi connectivity index (χ0v) is 15.1. The van der Waals surface area contributed by atoms with Gasteiger partial charge in [0.2, 0.25) is 0 Å². The number of anilines is 1. The van der Waals surface area contributed by atoms with Crippen molar-refractivity contribution in [1.82, 2.24) is 9.55 Å². The van der Waals surface area contributed by atoms with Gasteiger partial charge in [-0.2, -0.15) is 0 Å². The van der Waals surface area contributed by atoms with Crippen molar-refractivity contribution in [1.29, 1.82) is 0 Å². The number of aryl methyl sites for hydroxylation is 1. The number of carbonyl (C=O) groups excluding carboxylic acids is 1. The Bertz CT molecular complexity index is 1200. The maximum Gasteiger partial charge on any atom is 0.272 e. The molecule has 6 nitrogen and oxygen atoms in total. The lowest BCUT2D eigenvalue weighted by atomic mass is 10.1. The number of rotatable bonds is 4. The molecule has 0 aliphatic heterocycles. The highest BCUT2D eigenvalue weighted by Crippen LogP contribution is 2.24. The van der Waals surface area contributed by atoms with Crippen molar-refractivity contribution >= 4 is 33.4 Å². The molecule has 2 aromatic carbocycles. The van der Waals surface area contributed by atoms with Crippen LogP contribution >= 0.6 is 0 Å². The molecule has 0 fully saturated rings. The number of para-hydroxylation sites is 1. The summed E-state index contributed by atoms with van der Waals surface area (Å²) in [5.41, 5.74) is 2.36. The van der Waals surface area contributed by atoms with Gasteiger partial charge < -0.3 is 19.6 Å². The van der Waals surface area contributed by atoms with Gasteiger partial charge in [0.05, 0.1) is 23.0 Å². The van der Waals surface area contributed by atoms with Crippen LogP contribution in [0.1, 0.15) is 17.4 Å². The van der Waals surface area contributed by atoms with Gasteiger partial charge in [0.25, 0.3) is 11.5 Å². The molecule has 0 aliphatic carbocycles. The molecule has 4 aromatic rings. The highest BCUT2D eigenvalue weighted by Gasteiger charge is 2.17. The standard InChI is InChI=1S/C21H19N3O3/c1-3-27-14-10-8-13(9-11-14)22-21(26)18-12-16-19(24(18)2)15-6-4-5-7-17(15)23-20(16)25/h4-12H,3H2,1-2H3,(H,22,26)(H,23,25). The zero-order valence-electron chi connectivity index (χ0n) is 15.1. The molecule has 0 spiro atoms. The fourth-order valence-corrected chi connectivity index (χ4v) is 3.30. The second-order valence-corrected chi connectivity index (χ2v) is 6.26. The monoisotopic (exact) mass is 361 g/mol. The third kappa shape index (κ3) is 2.95. The molecule has 4 rings (SSSR count). The van der Waals surface area contributed by atoms with Crippen LogP contribution < -0.4 is 15.6 Å². The fourth-order valence-electron chi connectivity index (χ4n) is 3.30. The number of pyridine rings is 1. The Morgan fingerprint density at radius 3 is 2.59 bits per heavy atom. The second kappa shape index (κ2) is 6.64. The molecule has 6 heteroatoms. The molecule has 0 saturated carbocycles. The quantitative estimate of drug-likeness (QED) is 0.582. The number of aromatic nitrogens is 2. The predicted molar refractivity (Wildman–Crippen MR) is 107 cm³/mol. The van der Waals surface area contributed by atoms with Crippen LogP contribution in [0.3, 0.4) is 0 Å². The number of benzene rings is 2. The van der Waals surface area contributed by atoms with E-state index in [1.54, 1.807) is 41.9 Å². The predicted octanol–water partition coefficient (Wildman–Crippen LogP) is 3.67. The maximum absolute atomic E-state index is 12.8. The Labute approximate surface area is 155 Å². The van der Waals surface area contributed by atoms with Gasteiger partial charge in [-0.3, -0.25) is 9.59 Å². The van der Waals surface area contributed by atoms with Crippen LogP contribution in [0.25, 0.3) is 21.8 Å². The average molecular weight is 361 g/mol. The SMILES string of the molecule is CCOc1ccc(NC(=O)c2cc3c(=O)[nH]c4ccccc4c3n2C)cc1. The minimum Gasteiger partial charge on any atom is -0.494 e. The molecule has 27 heavy (non-hydrogen) atoms. The second-order valence-electron chi connectivity index (χ2n) is 6.26. The highest BCUT2D eigenvalue weighted by molar-refractivity contribution is 6.10. The van der Waals surface area contributed by atoms with E-state index in [4.69, 9.17) is 4.74 Å². The van der Waals surface area contributed by atoms with E-state index in [2.05, 4.69) is 10.3 Å². The minimum atomic E-state index is -0.277. The van der Waals surface area contributed by atoms with Crippen LogP contribution in [-0.4, -0.2) is 22.1 Å². The highest BCUT2D eigenvalue weighted by atomic mass is 16.5. The molecule has 1 amide bonds. The minimum absolute atomic E-state index is 0.209. The lowest BCUT2D eigenvalue weighted by Gasteiger charge is -2.08. The van der Waals surface area contributed by atoms with Crippen LogP contribution in [0.5, 0.6) is 5.75 Å². The number of H-pyrrole nitrogens is 1. The van der Waals surface area contributed by atoms with Crippen molar-refractivity contribution in [3.8, 4) is 5.75 Å². The van der Waals surface area contributed by atoms with Gasteiger partial charge in [-0.05, 0) is 43.3 Å². The summed E-state index contributed by atoms with van der Waals surface area (Å²) in [6.45, 7) is 2.51. The number of hydrogen-bond acceptors (Lipinski definition) is 3. The van der Waals surface area contributed by atoms with Crippen molar-refractivity contribution in [2.75, 3.05) is 11.9 Å². The topological polar surface area (TPSA) is 76.1 Å². The van der Waals surface area contributed by atoms with Gasteiger partial charge in [0.1, 0.15) is 11.4 Å². The van der Waals surface area contributed by atoms with Crippen LogP contribution in [0.4, 0.5) is 5.69 Å². The van der Waals surface area contributed by atoms with Crippen molar-refractivity contribution in [2.24, 2.45) is 7.05 Å². The van der Waals surface area contributed by atoms with Crippen LogP contribution in [0, 0.1) is 0 Å². The Morgan fingerprint density at radius 1 is 1.11 bits per heavy atom. The van der Waals surface area contributed by atoms with Crippen LogP contribution in [-0.2, 0) is 7.05 Å². The third-order valence-electron chi connectivity index (χ3n) is 4.56. The molecule has 0 atom stereocenters. The largest absolute Gasteiger partial charge is 0.494 e. The number of hydrogen-bond donors (Lipinski definition) is 2. The normalized spacial score (nSPS) is 11.0. The lowest BCUT2D eigenvalue weighted by Crippen LogP contribution is -2.15. The van der Waals surface area contributed by atoms with Crippen molar-refractivity contribution in [2.45, 2.75) is 6.92 Å². The molecular formula is C21H19N3O3. The van der Waals surface area contributed by atoms with Gasteiger partial charge in [0.15, 0.2) is 0 Å². The summed E-state index contributed by atoms with van der Waals surface area (Å²) in [5, 5.41) is 4.26. The fraction of sp³-hybridized carbons (Fsp3) is 0.143. The Balaban J connectivity index is 1.74. The molecule has 2 heterocycles. The number of amides is 1. The van der Waals surface area contributed by atoms with Crippen LogP contribution in [0.2, 0.25) is 0 Å². The van der Waals surface area contributed by atoms with E-state index >= 15 is 0 Å². The van der Waals surface area contributed by atoms with E-state index in [9.17, 15) is 9.59 Å². The molecule has 0 unspecified atom stereocenters. The molecule has 0 radical (unpaired) electrons. The first-order valence-electron chi connectivity index (χ1n) is 8.73. The molecular weight excluding hydrogens is 342 g/mol. The van der Waals surface area contributed by atoms with Gasteiger partial charge in [-0.25, -0.2) is 0 Å². The van der Waals surface area contributed by atoms with Gasteiger partial charge in [-0.15, -0.1) is 0 Å². The van der Waals surface area contributed by atoms with Crippen LogP contribution in [0.15, 0.2) is 59.4 Å². The summed E-state index contributed by atoms with van der Waals surface area (Å²) in [6.07, 6.45) is 0. The number of aromatic amines is 1. The van der Waals surface area contributed by atoms with Crippen molar-refractivity contribution in [3.63, 3.8) is 0 Å². The first-order chi connectivity index (χ1) is 13.1. The molecule has 0 saturated heterocycles.